The van der Waals surface area contributed by atoms with Gasteiger partial charge >= 0.3 is 5.97 Å². The molecule has 0 unspecified atom stereocenters. The second-order valence-electron chi connectivity index (χ2n) is 7.19. The highest BCUT2D eigenvalue weighted by molar-refractivity contribution is 5.90. The maximum Gasteiger partial charge on any atom is 0.331 e. The Bertz CT molecular complexity index is 715. The smallest absolute Gasteiger partial charge is 0.331 e. The lowest BCUT2D eigenvalue weighted by molar-refractivity contribution is -0.150. The molecule has 1 amide bonds. The first-order valence-corrected chi connectivity index (χ1v) is 9.61. The van der Waals surface area contributed by atoms with E-state index in [2.05, 4.69) is 12.2 Å². The first-order chi connectivity index (χ1) is 13.0. The predicted octanol–water partition coefficient (Wildman–Crippen LogP) is 3.10. The van der Waals surface area contributed by atoms with Crippen LogP contribution in [0.3, 0.4) is 0 Å². The highest BCUT2D eigenvalue weighted by Gasteiger charge is 2.26. The Kier molecular flexibility index (Phi) is 6.37. The fourth-order valence-corrected chi connectivity index (χ4v) is 3.43. The summed E-state index contributed by atoms with van der Waals surface area (Å²) in [7, 11) is 0. The van der Waals surface area contributed by atoms with Gasteiger partial charge in [-0.25, -0.2) is 4.79 Å². The summed E-state index contributed by atoms with van der Waals surface area (Å²) in [5.74, 6) is 1.02. The van der Waals surface area contributed by atoms with E-state index in [0.29, 0.717) is 30.6 Å². The number of esters is 1. The Morgan fingerprint density at radius 3 is 2.70 bits per heavy atom. The standard InChI is InChI=1S/C21H27NO5/c1-14-5-3-4-6-17(14)22-21(24)15(2)27-20(23)10-8-16-7-9-18-19(13-16)26-12-11-25-18/h7-10,13-15,17H,3-6,11-12H2,1-2H3,(H,22,24)/b10-8+/t14-,15-,17-/m1/s1. The second kappa shape index (κ2) is 8.93. The van der Waals surface area contributed by atoms with E-state index in [-0.39, 0.29) is 11.9 Å². The molecule has 6 heteroatoms. The summed E-state index contributed by atoms with van der Waals surface area (Å²) in [4.78, 5) is 24.3. The molecule has 0 saturated heterocycles. The molecule has 1 fully saturated rings. The number of nitrogens with one attached hydrogen (secondary N) is 1. The van der Waals surface area contributed by atoms with Gasteiger partial charge in [0, 0.05) is 12.1 Å². The lowest BCUT2D eigenvalue weighted by atomic mass is 9.86. The Balaban J connectivity index is 1.50. The molecule has 2 aliphatic rings. The largest absolute Gasteiger partial charge is 0.486 e. The molecular formula is C21H27NO5. The normalized spacial score (nSPS) is 22.9. The summed E-state index contributed by atoms with van der Waals surface area (Å²) in [5.41, 5.74) is 0.796. The summed E-state index contributed by atoms with van der Waals surface area (Å²) < 4.78 is 16.2. The van der Waals surface area contributed by atoms with Crippen molar-refractivity contribution in [3.05, 3.63) is 29.8 Å². The van der Waals surface area contributed by atoms with E-state index in [0.717, 1.165) is 24.8 Å². The molecule has 1 N–H and O–H groups in total. The summed E-state index contributed by atoms with van der Waals surface area (Å²) in [6.07, 6.45) is 6.57. The van der Waals surface area contributed by atoms with Crippen LogP contribution in [0, 0.1) is 5.92 Å². The molecule has 1 aliphatic heterocycles. The van der Waals surface area contributed by atoms with Gasteiger partial charge < -0.3 is 19.5 Å². The Morgan fingerprint density at radius 2 is 1.93 bits per heavy atom. The molecule has 0 spiro atoms. The minimum Gasteiger partial charge on any atom is -0.486 e. The van der Waals surface area contributed by atoms with Crippen LogP contribution >= 0.6 is 0 Å². The average Bonchev–Trinajstić information content (AvgIpc) is 2.68. The number of hydrogen-bond acceptors (Lipinski definition) is 5. The highest BCUT2D eigenvalue weighted by Crippen LogP contribution is 2.31. The summed E-state index contributed by atoms with van der Waals surface area (Å²) in [5, 5.41) is 3.01. The maximum absolute atomic E-state index is 12.3. The highest BCUT2D eigenvalue weighted by atomic mass is 16.6. The van der Waals surface area contributed by atoms with Crippen LogP contribution in [0.15, 0.2) is 24.3 Å². The fraction of sp³-hybridized carbons (Fsp3) is 0.524. The van der Waals surface area contributed by atoms with Crippen LogP contribution in [-0.2, 0) is 14.3 Å². The number of carbonyl (C=O) groups excluding carboxylic acids is 2. The molecular weight excluding hydrogens is 346 g/mol. The van der Waals surface area contributed by atoms with E-state index < -0.39 is 12.1 Å². The van der Waals surface area contributed by atoms with E-state index in [1.54, 1.807) is 25.1 Å². The van der Waals surface area contributed by atoms with Gasteiger partial charge in [-0.15, -0.1) is 0 Å². The van der Waals surface area contributed by atoms with Crippen molar-refractivity contribution in [1.82, 2.24) is 5.32 Å². The van der Waals surface area contributed by atoms with Crippen molar-refractivity contribution in [2.24, 2.45) is 5.92 Å². The van der Waals surface area contributed by atoms with Gasteiger partial charge in [0.25, 0.3) is 5.91 Å². The number of hydrogen-bond donors (Lipinski definition) is 1. The van der Waals surface area contributed by atoms with Crippen LogP contribution in [0.1, 0.15) is 45.1 Å². The van der Waals surface area contributed by atoms with Crippen LogP contribution in [0.2, 0.25) is 0 Å². The summed E-state index contributed by atoms with van der Waals surface area (Å²) in [6, 6.07) is 5.61. The lowest BCUT2D eigenvalue weighted by Crippen LogP contribution is -2.45. The third-order valence-electron chi connectivity index (χ3n) is 5.08. The minimum absolute atomic E-state index is 0.167. The van der Waals surface area contributed by atoms with Gasteiger partial charge in [0.1, 0.15) is 13.2 Å². The summed E-state index contributed by atoms with van der Waals surface area (Å²) in [6.45, 7) is 4.79. The van der Waals surface area contributed by atoms with E-state index in [1.807, 2.05) is 6.07 Å². The molecule has 0 bridgehead atoms. The van der Waals surface area contributed by atoms with Crippen LogP contribution in [-0.4, -0.2) is 37.2 Å². The minimum atomic E-state index is -0.823. The van der Waals surface area contributed by atoms with E-state index in [1.165, 1.54) is 12.5 Å². The Labute approximate surface area is 159 Å². The monoisotopic (exact) mass is 373 g/mol. The SMILES string of the molecule is C[C@@H]1CCCC[C@H]1NC(=O)[C@@H](C)OC(=O)/C=C/c1ccc2c(c1)OCCO2. The maximum atomic E-state index is 12.3. The summed E-state index contributed by atoms with van der Waals surface area (Å²) >= 11 is 0. The van der Waals surface area contributed by atoms with Gasteiger partial charge in [0.2, 0.25) is 0 Å². The zero-order chi connectivity index (χ0) is 19.2. The number of carbonyl (C=O) groups is 2. The zero-order valence-electron chi connectivity index (χ0n) is 15.9. The van der Waals surface area contributed by atoms with Crippen LogP contribution in [0.5, 0.6) is 11.5 Å². The fourth-order valence-electron chi connectivity index (χ4n) is 3.43. The molecule has 1 aromatic rings. The first-order valence-electron chi connectivity index (χ1n) is 9.61. The third-order valence-corrected chi connectivity index (χ3v) is 5.08. The molecule has 0 radical (unpaired) electrons. The van der Waals surface area contributed by atoms with E-state index in [9.17, 15) is 9.59 Å². The molecule has 3 rings (SSSR count). The third kappa shape index (κ3) is 5.25. The van der Waals surface area contributed by atoms with Gasteiger partial charge in [-0.3, -0.25) is 4.79 Å². The van der Waals surface area contributed by atoms with Crippen LogP contribution in [0.4, 0.5) is 0 Å². The van der Waals surface area contributed by atoms with Crippen molar-refractivity contribution in [3.8, 4) is 11.5 Å². The Morgan fingerprint density at radius 1 is 1.19 bits per heavy atom. The van der Waals surface area contributed by atoms with Crippen molar-refractivity contribution in [3.63, 3.8) is 0 Å². The zero-order valence-corrected chi connectivity index (χ0v) is 15.9. The molecule has 0 aromatic heterocycles. The quantitative estimate of drug-likeness (QED) is 0.634. The molecule has 1 saturated carbocycles. The van der Waals surface area contributed by atoms with Gasteiger partial charge in [-0.2, -0.15) is 0 Å². The van der Waals surface area contributed by atoms with Crippen LogP contribution < -0.4 is 14.8 Å². The lowest BCUT2D eigenvalue weighted by Gasteiger charge is -2.30. The van der Waals surface area contributed by atoms with Crippen molar-refractivity contribution in [2.45, 2.75) is 51.7 Å². The van der Waals surface area contributed by atoms with Gasteiger partial charge in [-0.05, 0) is 49.5 Å². The number of amides is 1. The number of rotatable bonds is 5. The van der Waals surface area contributed by atoms with Gasteiger partial charge in [0.05, 0.1) is 0 Å². The molecule has 1 heterocycles. The predicted molar refractivity (Wildman–Crippen MR) is 102 cm³/mol. The van der Waals surface area contributed by atoms with Gasteiger partial charge in [-0.1, -0.05) is 25.8 Å². The number of fused-ring (bicyclic) bond motifs is 1. The van der Waals surface area contributed by atoms with Crippen molar-refractivity contribution in [1.29, 1.82) is 0 Å². The second-order valence-corrected chi connectivity index (χ2v) is 7.19. The molecule has 6 nitrogen and oxygen atoms in total. The molecule has 146 valence electrons. The molecule has 3 atom stereocenters. The topological polar surface area (TPSA) is 73.9 Å². The van der Waals surface area contributed by atoms with E-state index >= 15 is 0 Å². The van der Waals surface area contributed by atoms with Crippen molar-refractivity contribution < 1.29 is 23.8 Å². The molecule has 1 aliphatic carbocycles. The number of benzene rings is 1. The van der Waals surface area contributed by atoms with Crippen molar-refractivity contribution >= 4 is 18.0 Å². The van der Waals surface area contributed by atoms with Crippen molar-refractivity contribution in [2.75, 3.05) is 13.2 Å². The van der Waals surface area contributed by atoms with Crippen LogP contribution in [0.25, 0.3) is 6.08 Å². The van der Waals surface area contributed by atoms with Gasteiger partial charge in [0.15, 0.2) is 17.6 Å². The average molecular weight is 373 g/mol. The Hall–Kier alpha value is -2.50. The number of ether oxygens (including phenoxy) is 3. The molecule has 1 aromatic carbocycles. The van der Waals surface area contributed by atoms with E-state index in [4.69, 9.17) is 14.2 Å². The first kappa shape index (κ1) is 19.3. The molecule has 27 heavy (non-hydrogen) atoms.